The molecule has 6 heteroatoms. The zero-order chi connectivity index (χ0) is 20.2. The third-order valence-corrected chi connectivity index (χ3v) is 4.11. The van der Waals surface area contributed by atoms with Crippen molar-refractivity contribution < 1.29 is 14.3 Å². The van der Waals surface area contributed by atoms with Crippen molar-refractivity contribution in [3.63, 3.8) is 0 Å². The van der Waals surface area contributed by atoms with Gasteiger partial charge in [0.25, 0.3) is 5.91 Å². The number of likely N-dealkylation sites (N-methyl/N-ethyl adjacent to an activating group) is 1. The van der Waals surface area contributed by atoms with Crippen molar-refractivity contribution in [3.8, 4) is 0 Å². The average molecular weight is 371 g/mol. The van der Waals surface area contributed by atoms with Gasteiger partial charge in [-0.25, -0.2) is 4.79 Å². The number of pyridine rings is 1. The molecule has 1 aromatic carbocycles. The van der Waals surface area contributed by atoms with Crippen molar-refractivity contribution in [1.82, 2.24) is 15.2 Å². The molecule has 0 atom stereocenters. The topological polar surface area (TPSA) is 71.5 Å². The highest BCUT2D eigenvalue weighted by molar-refractivity contribution is 5.98. The van der Waals surface area contributed by atoms with Crippen molar-refractivity contribution in [2.24, 2.45) is 0 Å². The number of carbonyl (C=O) groups is 2. The Balaban J connectivity index is 2.01. The lowest BCUT2D eigenvalue weighted by Crippen LogP contribution is -2.41. The monoisotopic (exact) mass is 371 g/mol. The van der Waals surface area contributed by atoms with E-state index in [4.69, 9.17) is 4.74 Å². The van der Waals surface area contributed by atoms with E-state index in [9.17, 15) is 9.59 Å². The molecular weight excluding hydrogens is 342 g/mol. The van der Waals surface area contributed by atoms with Crippen LogP contribution in [0.1, 0.15) is 49.3 Å². The number of rotatable bonds is 5. The van der Waals surface area contributed by atoms with E-state index in [0.29, 0.717) is 30.9 Å². The highest BCUT2D eigenvalue weighted by atomic mass is 16.6. The Bertz CT molecular complexity index is 840. The Morgan fingerprint density at radius 1 is 1.19 bits per heavy atom. The fourth-order valence-electron chi connectivity index (χ4n) is 2.71. The van der Waals surface area contributed by atoms with E-state index < -0.39 is 5.60 Å². The molecule has 0 aliphatic carbocycles. The minimum absolute atomic E-state index is 0.192. The van der Waals surface area contributed by atoms with Crippen LogP contribution in [0.2, 0.25) is 0 Å². The Hall–Kier alpha value is -2.63. The summed E-state index contributed by atoms with van der Waals surface area (Å²) < 4.78 is 5.37. The Kier molecular flexibility index (Phi) is 6.41. The maximum absolute atomic E-state index is 12.6. The summed E-state index contributed by atoms with van der Waals surface area (Å²) in [6.45, 7) is 12.5. The second kappa shape index (κ2) is 8.37. The molecule has 0 saturated heterocycles. The van der Waals surface area contributed by atoms with Gasteiger partial charge >= 0.3 is 6.09 Å². The van der Waals surface area contributed by atoms with Crippen LogP contribution in [0.4, 0.5) is 4.79 Å². The number of fused-ring (bicyclic) bond motifs is 1. The molecule has 1 N–H and O–H groups in total. The second-order valence-electron chi connectivity index (χ2n) is 7.63. The van der Waals surface area contributed by atoms with Crippen molar-refractivity contribution in [1.29, 1.82) is 0 Å². The lowest BCUT2D eigenvalue weighted by molar-refractivity contribution is 0.0261. The summed E-state index contributed by atoms with van der Waals surface area (Å²) in [4.78, 5) is 30.8. The smallest absolute Gasteiger partial charge is 0.410 e. The summed E-state index contributed by atoms with van der Waals surface area (Å²) in [5, 5.41) is 3.80. The van der Waals surface area contributed by atoms with E-state index in [-0.39, 0.29) is 12.0 Å². The SMILES string of the molecule is CCN(CCNC(=O)c1cc2ccc(C)cc2nc1C)C(=O)OC(C)(C)C. The van der Waals surface area contributed by atoms with E-state index in [1.54, 1.807) is 4.90 Å². The first-order valence-electron chi connectivity index (χ1n) is 9.25. The van der Waals surface area contributed by atoms with Gasteiger partial charge in [0.05, 0.1) is 16.8 Å². The largest absolute Gasteiger partial charge is 0.444 e. The molecule has 0 bridgehead atoms. The molecule has 1 aromatic heterocycles. The van der Waals surface area contributed by atoms with Crippen LogP contribution >= 0.6 is 0 Å². The van der Waals surface area contributed by atoms with Crippen LogP contribution in [-0.2, 0) is 4.74 Å². The van der Waals surface area contributed by atoms with Gasteiger partial charge in [0.15, 0.2) is 0 Å². The van der Waals surface area contributed by atoms with Gasteiger partial charge in [0, 0.05) is 25.0 Å². The molecule has 0 radical (unpaired) electrons. The van der Waals surface area contributed by atoms with Gasteiger partial charge in [0.2, 0.25) is 0 Å². The molecule has 6 nitrogen and oxygen atoms in total. The average Bonchev–Trinajstić information content (AvgIpc) is 2.56. The maximum atomic E-state index is 12.6. The van der Waals surface area contributed by atoms with Crippen LogP contribution < -0.4 is 5.32 Å². The third-order valence-electron chi connectivity index (χ3n) is 4.11. The Morgan fingerprint density at radius 2 is 1.89 bits per heavy atom. The summed E-state index contributed by atoms with van der Waals surface area (Å²) in [6, 6.07) is 7.83. The van der Waals surface area contributed by atoms with Gasteiger partial charge in [-0.1, -0.05) is 12.1 Å². The van der Waals surface area contributed by atoms with E-state index in [1.165, 1.54) is 0 Å². The quantitative estimate of drug-likeness (QED) is 0.867. The van der Waals surface area contributed by atoms with E-state index in [2.05, 4.69) is 10.3 Å². The molecule has 0 aliphatic rings. The maximum Gasteiger partial charge on any atom is 0.410 e. The molecule has 0 unspecified atom stereocenters. The molecule has 0 aliphatic heterocycles. The number of aromatic nitrogens is 1. The first kappa shape index (κ1) is 20.7. The first-order valence-corrected chi connectivity index (χ1v) is 9.25. The molecule has 146 valence electrons. The van der Waals surface area contributed by atoms with Gasteiger partial charge in [-0.15, -0.1) is 0 Å². The molecule has 0 spiro atoms. The molecular formula is C21H29N3O3. The molecule has 1 heterocycles. The van der Waals surface area contributed by atoms with Crippen LogP contribution in [0.3, 0.4) is 0 Å². The molecule has 2 rings (SSSR count). The molecule has 0 saturated carbocycles. The summed E-state index contributed by atoms with van der Waals surface area (Å²) in [6.07, 6.45) is -0.377. The number of benzene rings is 1. The zero-order valence-electron chi connectivity index (χ0n) is 17.0. The van der Waals surface area contributed by atoms with Crippen molar-refractivity contribution in [2.75, 3.05) is 19.6 Å². The van der Waals surface area contributed by atoms with Crippen LogP contribution in [0.15, 0.2) is 24.3 Å². The van der Waals surface area contributed by atoms with Gasteiger partial charge in [0.1, 0.15) is 5.60 Å². The minimum Gasteiger partial charge on any atom is -0.444 e. The fraction of sp³-hybridized carbons (Fsp3) is 0.476. The number of carbonyl (C=O) groups excluding carboxylic acids is 2. The zero-order valence-corrected chi connectivity index (χ0v) is 17.0. The van der Waals surface area contributed by atoms with Crippen LogP contribution in [-0.4, -0.2) is 47.1 Å². The molecule has 27 heavy (non-hydrogen) atoms. The number of hydrogen-bond acceptors (Lipinski definition) is 4. The number of aryl methyl sites for hydroxylation is 2. The molecule has 2 aromatic rings. The second-order valence-corrected chi connectivity index (χ2v) is 7.63. The predicted octanol–water partition coefficient (Wildman–Crippen LogP) is 3.84. The Morgan fingerprint density at radius 3 is 2.52 bits per heavy atom. The summed E-state index contributed by atoms with van der Waals surface area (Å²) in [5.74, 6) is -0.192. The number of amides is 2. The highest BCUT2D eigenvalue weighted by Crippen LogP contribution is 2.18. The lowest BCUT2D eigenvalue weighted by Gasteiger charge is -2.26. The van der Waals surface area contributed by atoms with Crippen molar-refractivity contribution in [2.45, 2.75) is 47.1 Å². The van der Waals surface area contributed by atoms with Crippen LogP contribution in [0.5, 0.6) is 0 Å². The number of hydrogen-bond donors (Lipinski definition) is 1. The fourth-order valence-corrected chi connectivity index (χ4v) is 2.71. The van der Waals surface area contributed by atoms with E-state index >= 15 is 0 Å². The minimum atomic E-state index is -0.542. The van der Waals surface area contributed by atoms with Gasteiger partial charge < -0.3 is 15.0 Å². The predicted molar refractivity (Wildman–Crippen MR) is 107 cm³/mol. The summed E-state index contributed by atoms with van der Waals surface area (Å²) in [5.41, 5.74) is 2.70. The van der Waals surface area contributed by atoms with Gasteiger partial charge in [-0.3, -0.25) is 9.78 Å². The van der Waals surface area contributed by atoms with Crippen LogP contribution in [0, 0.1) is 13.8 Å². The van der Waals surface area contributed by atoms with Crippen molar-refractivity contribution >= 4 is 22.9 Å². The number of ether oxygens (including phenoxy) is 1. The highest BCUT2D eigenvalue weighted by Gasteiger charge is 2.21. The first-order chi connectivity index (χ1) is 12.6. The number of nitrogens with zero attached hydrogens (tertiary/aromatic N) is 2. The van der Waals surface area contributed by atoms with Crippen LogP contribution in [0.25, 0.3) is 10.9 Å². The third kappa shape index (κ3) is 5.67. The van der Waals surface area contributed by atoms with Gasteiger partial charge in [-0.05, 0) is 59.2 Å². The van der Waals surface area contributed by atoms with Gasteiger partial charge in [-0.2, -0.15) is 0 Å². The molecule has 2 amide bonds. The summed E-state index contributed by atoms with van der Waals surface area (Å²) in [7, 11) is 0. The Labute approximate surface area is 160 Å². The molecule has 0 fully saturated rings. The number of nitrogens with one attached hydrogen (secondary N) is 1. The summed E-state index contributed by atoms with van der Waals surface area (Å²) >= 11 is 0. The standard InChI is InChI=1S/C21H29N3O3/c1-7-24(20(26)27-21(4,5)6)11-10-22-19(25)17-13-16-9-8-14(2)12-18(16)23-15(17)3/h8-9,12-13H,7,10-11H2,1-6H3,(H,22,25). The van der Waals surface area contributed by atoms with E-state index in [0.717, 1.165) is 16.5 Å². The van der Waals surface area contributed by atoms with Crippen molar-refractivity contribution in [3.05, 3.63) is 41.1 Å². The lowest BCUT2D eigenvalue weighted by atomic mass is 10.1. The normalized spacial score (nSPS) is 11.3. The van der Waals surface area contributed by atoms with E-state index in [1.807, 2.05) is 65.8 Å².